The maximum Gasteiger partial charge on any atom is 0.322 e. The Morgan fingerprint density at radius 1 is 0.362 bits per heavy atom. The number of nitrogens with one attached hydrogen (secondary N) is 15. The molecule has 0 aromatic rings. The SMILES string of the molecule is CC[C@H](C)[C@H](NC(=O)CNC(=O)CNC(=O)CN)C(=O)N[C@@H](CC(C)C)C(=O)NCC(=O)N[C@H](C(=O)N[C@@H](CO)C(=O)N[C@H](C(=O)N[C@H](C(=O)N[C@@H](C)C(=O)N[C@@H](CCCCN)C(=O)N[C@@H](CCC(=O)O)C(=O)N[C@@H](CCC(=O)O)C(=O)N[C@@H](CCC(N)=O)C(=O)NCC(=O)O)C(C)C)C(C)C)[C@@H](C)O. The Labute approximate surface area is 606 Å². The zero-order chi connectivity index (χ0) is 80.5. The Morgan fingerprint density at radius 2 is 0.743 bits per heavy atom. The van der Waals surface area contributed by atoms with Gasteiger partial charge in [-0.2, -0.15) is 0 Å². The summed E-state index contributed by atoms with van der Waals surface area (Å²) in [5, 5.41) is 83.9. The van der Waals surface area contributed by atoms with Gasteiger partial charge >= 0.3 is 17.9 Å². The molecule has 0 rings (SSSR count). The van der Waals surface area contributed by atoms with Gasteiger partial charge in [0.25, 0.3) is 0 Å². The average Bonchev–Trinajstić information content (AvgIpc) is 0.871. The summed E-state index contributed by atoms with van der Waals surface area (Å²) >= 11 is 0. The van der Waals surface area contributed by atoms with Crippen molar-refractivity contribution in [2.24, 2.45) is 40.9 Å². The number of aliphatic hydroxyl groups is 2. The van der Waals surface area contributed by atoms with Crippen LogP contribution in [0.4, 0.5) is 0 Å². The van der Waals surface area contributed by atoms with Gasteiger partial charge in [0.05, 0.1) is 38.9 Å². The summed E-state index contributed by atoms with van der Waals surface area (Å²) in [5.41, 5.74) is 16.1. The van der Waals surface area contributed by atoms with Crippen LogP contribution in [0.5, 0.6) is 0 Å². The molecule has 0 aliphatic carbocycles. The summed E-state index contributed by atoms with van der Waals surface area (Å²) in [7, 11) is 0. The first kappa shape index (κ1) is 94.8. The first-order chi connectivity index (χ1) is 49.0. The third kappa shape index (κ3) is 38.2. The van der Waals surface area contributed by atoms with Gasteiger partial charge in [0.15, 0.2) is 0 Å². The highest BCUT2D eigenvalue weighted by atomic mass is 16.4. The Hall–Kier alpha value is -10.2. The molecule has 0 unspecified atom stereocenters. The van der Waals surface area contributed by atoms with E-state index < -0.39 is 274 Å². The van der Waals surface area contributed by atoms with Crippen molar-refractivity contribution >= 4 is 112 Å². The van der Waals surface area contributed by atoms with Crippen molar-refractivity contribution in [2.45, 2.75) is 212 Å². The predicted octanol–water partition coefficient (Wildman–Crippen LogP) is -9.25. The lowest BCUT2D eigenvalue weighted by Crippen LogP contribution is -2.62. The molecule has 0 bridgehead atoms. The zero-order valence-corrected chi connectivity index (χ0v) is 60.7. The van der Waals surface area contributed by atoms with E-state index in [1.165, 1.54) is 34.6 Å². The monoisotopic (exact) mass is 1500 g/mol. The van der Waals surface area contributed by atoms with Crippen LogP contribution in [0.3, 0.4) is 0 Å². The van der Waals surface area contributed by atoms with E-state index in [1.807, 2.05) is 5.32 Å². The topological polar surface area (TPSA) is 684 Å². The van der Waals surface area contributed by atoms with Crippen molar-refractivity contribution in [3.63, 3.8) is 0 Å². The van der Waals surface area contributed by atoms with E-state index in [0.717, 1.165) is 6.92 Å². The molecular formula is C63H108N18O24. The van der Waals surface area contributed by atoms with Crippen LogP contribution in [0.15, 0.2) is 0 Å². The second-order valence-corrected chi connectivity index (χ2v) is 25.8. The fourth-order valence-corrected chi connectivity index (χ4v) is 9.48. The fourth-order valence-electron chi connectivity index (χ4n) is 9.48. The van der Waals surface area contributed by atoms with Crippen molar-refractivity contribution in [2.75, 3.05) is 45.9 Å². The molecule has 13 atom stereocenters. The number of aliphatic hydroxyl groups excluding tert-OH is 2. The van der Waals surface area contributed by atoms with E-state index in [4.69, 9.17) is 22.3 Å². The van der Waals surface area contributed by atoms with Gasteiger partial charge in [0.2, 0.25) is 94.5 Å². The summed E-state index contributed by atoms with van der Waals surface area (Å²) < 4.78 is 0. The summed E-state index contributed by atoms with van der Waals surface area (Å²) in [6.07, 6.45) is -4.88. The number of primary amides is 1. The smallest absolute Gasteiger partial charge is 0.322 e. The second kappa shape index (κ2) is 49.4. The van der Waals surface area contributed by atoms with Gasteiger partial charge in [-0.1, -0.05) is 61.8 Å². The zero-order valence-electron chi connectivity index (χ0n) is 60.7. The van der Waals surface area contributed by atoms with E-state index in [2.05, 4.69) is 74.4 Å². The number of carboxylic acid groups (broad SMARTS) is 3. The number of nitrogens with two attached hydrogens (primary N) is 3. The van der Waals surface area contributed by atoms with Crippen molar-refractivity contribution in [3.8, 4) is 0 Å². The summed E-state index contributed by atoms with van der Waals surface area (Å²) in [6, 6.07) is -17.5. The van der Waals surface area contributed by atoms with Crippen molar-refractivity contribution in [3.05, 3.63) is 0 Å². The Balaban J connectivity index is 6.40. The minimum absolute atomic E-state index is 0.0292. The van der Waals surface area contributed by atoms with Gasteiger partial charge in [0, 0.05) is 19.3 Å². The number of rotatable bonds is 52. The Morgan fingerprint density at radius 3 is 1.19 bits per heavy atom. The predicted molar refractivity (Wildman–Crippen MR) is 368 cm³/mol. The molecule has 42 heteroatoms. The van der Waals surface area contributed by atoms with Crippen LogP contribution in [-0.4, -0.2) is 256 Å². The molecule has 26 N–H and O–H groups in total. The van der Waals surface area contributed by atoms with Gasteiger partial charge in [-0.05, 0) is 89.0 Å². The largest absolute Gasteiger partial charge is 0.481 e. The van der Waals surface area contributed by atoms with Crippen molar-refractivity contribution < 1.29 is 117 Å². The summed E-state index contributed by atoms with van der Waals surface area (Å²) in [6.45, 7) is 11.0. The van der Waals surface area contributed by atoms with Gasteiger partial charge in [0.1, 0.15) is 73.0 Å². The minimum atomic E-state index is -1.86. The molecule has 0 saturated carbocycles. The Bertz CT molecular complexity index is 3030. The maximum atomic E-state index is 14.1. The molecule has 0 aliphatic heterocycles. The van der Waals surface area contributed by atoms with Crippen LogP contribution in [-0.2, 0) is 91.1 Å². The third-order valence-electron chi connectivity index (χ3n) is 15.7. The lowest BCUT2D eigenvalue weighted by Gasteiger charge is -2.29. The van der Waals surface area contributed by atoms with Gasteiger partial charge in [-0.15, -0.1) is 0 Å². The molecule has 594 valence electrons. The molecule has 0 heterocycles. The van der Waals surface area contributed by atoms with Gasteiger partial charge in [-0.3, -0.25) is 91.1 Å². The molecule has 0 fully saturated rings. The average molecular weight is 1500 g/mol. The van der Waals surface area contributed by atoms with Crippen molar-refractivity contribution in [1.82, 2.24) is 79.8 Å². The lowest BCUT2D eigenvalue weighted by molar-refractivity contribution is -0.140. The second-order valence-electron chi connectivity index (χ2n) is 25.8. The molecule has 0 radical (unpaired) electrons. The van der Waals surface area contributed by atoms with Crippen LogP contribution in [0, 0.1) is 23.7 Å². The van der Waals surface area contributed by atoms with Gasteiger partial charge < -0.3 is 122 Å². The number of amides is 16. The number of hydrogen-bond acceptors (Lipinski definition) is 23. The molecule has 0 aromatic carbocycles. The standard InChI is InChI=1S/C63H108N18O24/c1-11-32(8)51(78-44(87)25-68-43(86)24-67-42(85)23-65)62(104)76-39(22-29(2)3)55(97)69-26-45(88)79-52(34(10)83)63(105)77-40(28-82)59(101)80-50(31(6)7)61(103)81-49(30(4)5)60(102)71-33(9)53(95)72-35(14-12-13-21-64)56(98)74-38(17-20-47(91)92)58(100)75-37(16-19-46(89)90)57(99)73-36(15-18-41(66)84)54(96)70-27-48(93)94/h29-40,49-52,82-83H,11-28,64-65H2,1-10H3,(H2,66,84)(H,67,85)(H,68,86)(H,69,97)(H,70,96)(H,71,102)(H,72,95)(H,73,99)(H,74,98)(H,75,100)(H,76,104)(H,77,105)(H,78,87)(H,79,88)(H,80,101)(H,81,103)(H,89,90)(H,91,92)(H,93,94)/t32-,33-,34+,35-,36-,37-,38-,39-,40-,49-,50-,51-,52-/m0/s1. The number of carbonyl (C=O) groups excluding carboxylic acids is 16. The van der Waals surface area contributed by atoms with E-state index in [-0.39, 0.29) is 44.7 Å². The quantitative estimate of drug-likeness (QED) is 0.0252. The van der Waals surface area contributed by atoms with Crippen LogP contribution >= 0.6 is 0 Å². The van der Waals surface area contributed by atoms with Crippen molar-refractivity contribution in [1.29, 1.82) is 0 Å². The van der Waals surface area contributed by atoms with Crippen LogP contribution in [0.1, 0.15) is 140 Å². The highest BCUT2D eigenvalue weighted by Gasteiger charge is 2.38. The normalized spacial score (nSPS) is 14.8. The highest BCUT2D eigenvalue weighted by molar-refractivity contribution is 6.00. The van der Waals surface area contributed by atoms with Crippen LogP contribution in [0.25, 0.3) is 0 Å². The number of hydrogen-bond donors (Lipinski definition) is 23. The lowest BCUT2D eigenvalue weighted by atomic mass is 9.96. The van der Waals surface area contributed by atoms with E-state index in [9.17, 15) is 112 Å². The number of unbranched alkanes of at least 4 members (excludes halogenated alkanes) is 1. The third-order valence-corrected chi connectivity index (χ3v) is 15.7. The maximum absolute atomic E-state index is 14.1. The molecule has 0 aliphatic rings. The molecule has 16 amide bonds. The van der Waals surface area contributed by atoms with Gasteiger partial charge in [-0.25, -0.2) is 0 Å². The minimum Gasteiger partial charge on any atom is -0.481 e. The molecule has 42 nitrogen and oxygen atoms in total. The number of aliphatic carboxylic acids is 3. The summed E-state index contributed by atoms with van der Waals surface area (Å²) in [5.74, 6) is -22.4. The highest BCUT2D eigenvalue weighted by Crippen LogP contribution is 2.14. The molecule has 105 heavy (non-hydrogen) atoms. The fraction of sp³-hybridized carbons (Fsp3) is 0.698. The molecule has 0 saturated heterocycles. The van der Waals surface area contributed by atoms with E-state index in [1.54, 1.807) is 27.7 Å². The molecule has 0 spiro atoms. The van der Waals surface area contributed by atoms with E-state index in [0.29, 0.717) is 6.42 Å². The summed E-state index contributed by atoms with van der Waals surface area (Å²) in [4.78, 5) is 246. The molecule has 0 aromatic heterocycles. The van der Waals surface area contributed by atoms with E-state index >= 15 is 0 Å². The Kier molecular flexibility index (Phi) is 44.6. The number of carboxylic acids is 3. The first-order valence-electron chi connectivity index (χ1n) is 34.1. The molecular weight excluding hydrogens is 1390 g/mol. The first-order valence-corrected chi connectivity index (χ1v) is 34.1. The van der Waals surface area contributed by atoms with Crippen LogP contribution < -0.4 is 97.0 Å². The number of carbonyl (C=O) groups is 19. The van der Waals surface area contributed by atoms with Crippen LogP contribution in [0.2, 0.25) is 0 Å².